The molecule has 1 aromatic heterocycles. The van der Waals surface area contributed by atoms with E-state index in [1.807, 2.05) is 6.07 Å². The van der Waals surface area contributed by atoms with Crippen LogP contribution in [0.4, 0.5) is 0 Å². The van der Waals surface area contributed by atoms with Gasteiger partial charge in [0, 0.05) is 18.4 Å². The molecule has 3 fully saturated rings. The van der Waals surface area contributed by atoms with Gasteiger partial charge in [0.1, 0.15) is 17.6 Å². The number of methoxy groups -OCH3 is 1. The van der Waals surface area contributed by atoms with Gasteiger partial charge in [-0.25, -0.2) is 4.79 Å². The van der Waals surface area contributed by atoms with Gasteiger partial charge in [-0.2, -0.15) is 0 Å². The van der Waals surface area contributed by atoms with Crippen molar-refractivity contribution in [3.05, 3.63) is 40.0 Å². The van der Waals surface area contributed by atoms with Gasteiger partial charge in [0.2, 0.25) is 0 Å². The van der Waals surface area contributed by atoms with E-state index in [2.05, 4.69) is 34.3 Å². The Morgan fingerprint density at radius 3 is 2.44 bits per heavy atom. The molecule has 1 aromatic rings. The van der Waals surface area contributed by atoms with Crippen molar-refractivity contribution >= 4 is 5.97 Å². The van der Waals surface area contributed by atoms with Crippen LogP contribution in [0.5, 0.6) is 5.75 Å². The summed E-state index contributed by atoms with van der Waals surface area (Å²) < 4.78 is 16.9. The summed E-state index contributed by atoms with van der Waals surface area (Å²) >= 11 is 0. The Hall–Kier alpha value is -2.04. The Bertz CT molecular complexity index is 1040. The molecule has 34 heavy (non-hydrogen) atoms. The van der Waals surface area contributed by atoms with Crippen molar-refractivity contribution < 1.29 is 18.7 Å². The maximum absolute atomic E-state index is 12.8. The van der Waals surface area contributed by atoms with Gasteiger partial charge in [-0.05, 0) is 80.5 Å². The Balaban J connectivity index is 1.69. The molecule has 4 rings (SSSR count). The summed E-state index contributed by atoms with van der Waals surface area (Å²) in [5, 5.41) is 0. The first-order chi connectivity index (χ1) is 15.8. The molecule has 0 N–H and O–H groups in total. The van der Waals surface area contributed by atoms with E-state index < -0.39 is 0 Å². The summed E-state index contributed by atoms with van der Waals surface area (Å²) in [7, 11) is 1.62. The third-order valence-electron chi connectivity index (χ3n) is 10.1. The van der Waals surface area contributed by atoms with Crippen molar-refractivity contribution in [2.24, 2.45) is 34.0 Å². The summed E-state index contributed by atoms with van der Waals surface area (Å²) in [6.07, 6.45) is 6.85. The third kappa shape index (κ3) is 3.83. The van der Waals surface area contributed by atoms with Crippen molar-refractivity contribution in [1.82, 2.24) is 0 Å². The first-order valence-electron chi connectivity index (χ1n) is 12.9. The molecule has 3 saturated carbocycles. The zero-order valence-electron chi connectivity index (χ0n) is 22.1. The molecule has 0 bridgehead atoms. The molecule has 1 heterocycles. The fourth-order valence-electron chi connectivity index (χ4n) is 8.58. The van der Waals surface area contributed by atoms with Gasteiger partial charge in [0.05, 0.1) is 12.7 Å². The number of hydrogen-bond acceptors (Lipinski definition) is 5. The van der Waals surface area contributed by atoms with Crippen LogP contribution in [0.2, 0.25) is 0 Å². The number of carbonyl (C=O) groups excluding carboxylic acids is 1. The molecule has 3 aliphatic carbocycles. The van der Waals surface area contributed by atoms with Crippen LogP contribution < -0.4 is 10.4 Å². The summed E-state index contributed by atoms with van der Waals surface area (Å²) in [5.41, 5.74) is 1.73. The van der Waals surface area contributed by atoms with Crippen molar-refractivity contribution in [1.29, 1.82) is 0 Å². The van der Waals surface area contributed by atoms with Gasteiger partial charge in [-0.3, -0.25) is 4.79 Å². The van der Waals surface area contributed by atoms with E-state index in [1.54, 1.807) is 14.0 Å². The number of rotatable bonds is 4. The first kappa shape index (κ1) is 25.1. The molecule has 0 aliphatic heterocycles. The van der Waals surface area contributed by atoms with Gasteiger partial charge < -0.3 is 13.9 Å². The quantitative estimate of drug-likeness (QED) is 0.384. The highest BCUT2D eigenvalue weighted by Gasteiger charge is 2.63. The Morgan fingerprint density at radius 2 is 1.79 bits per heavy atom. The van der Waals surface area contributed by atoms with E-state index in [4.69, 9.17) is 13.9 Å². The first-order valence-corrected chi connectivity index (χ1v) is 12.9. The van der Waals surface area contributed by atoms with E-state index in [-0.39, 0.29) is 39.9 Å². The summed E-state index contributed by atoms with van der Waals surface area (Å²) in [4.78, 5) is 24.6. The minimum absolute atomic E-state index is 0.0248. The molecular formula is C29H42O5. The van der Waals surface area contributed by atoms with Crippen LogP contribution in [0.1, 0.15) is 84.5 Å². The fraction of sp³-hybridized carbons (Fsp3) is 0.724. The molecule has 0 aromatic carbocycles. The molecule has 3 aliphatic rings. The SMILES string of the molecule is C=C1CCC2C(C)(CCC3C(C)(C)C(OC(C)=O)CCC32C)C1Cc1c(OC)cc(C)oc1=O. The minimum Gasteiger partial charge on any atom is -0.496 e. The molecule has 6 atom stereocenters. The predicted molar refractivity (Wildman–Crippen MR) is 133 cm³/mol. The molecule has 0 radical (unpaired) electrons. The maximum Gasteiger partial charge on any atom is 0.342 e. The molecule has 0 saturated heterocycles. The second-order valence-corrected chi connectivity index (χ2v) is 12.3. The minimum atomic E-state index is -0.293. The normalized spacial score (nSPS) is 36.9. The lowest BCUT2D eigenvalue weighted by Gasteiger charge is -2.67. The molecule has 5 heteroatoms. The molecule has 6 unspecified atom stereocenters. The predicted octanol–water partition coefficient (Wildman–Crippen LogP) is 6.26. The Morgan fingerprint density at radius 1 is 1.12 bits per heavy atom. The second kappa shape index (κ2) is 8.57. The standard InChI is InChI=1S/C29H42O5/c1-17-9-10-24-28(6,21(17)16-20-22(32-8)15-18(2)33-26(20)31)13-11-23-27(4,5)25(34-19(3)30)12-14-29(23,24)7/h15,21,23-25H,1,9-14,16H2,2-8H3. The monoisotopic (exact) mass is 470 g/mol. The number of esters is 1. The molecular weight excluding hydrogens is 428 g/mol. The highest BCUT2D eigenvalue weighted by molar-refractivity contribution is 5.66. The van der Waals surface area contributed by atoms with Crippen molar-refractivity contribution in [2.75, 3.05) is 7.11 Å². The zero-order chi connectivity index (χ0) is 25.1. The number of fused-ring (bicyclic) bond motifs is 3. The number of carbonyl (C=O) groups is 1. The number of aryl methyl sites for hydroxylation is 1. The van der Waals surface area contributed by atoms with Crippen molar-refractivity contribution in [3.63, 3.8) is 0 Å². The van der Waals surface area contributed by atoms with Crippen molar-refractivity contribution in [3.8, 4) is 5.75 Å². The van der Waals surface area contributed by atoms with Gasteiger partial charge in [0.25, 0.3) is 0 Å². The van der Waals surface area contributed by atoms with E-state index in [0.717, 1.165) is 38.5 Å². The highest BCUT2D eigenvalue weighted by Crippen LogP contribution is 2.69. The average molecular weight is 471 g/mol. The van der Waals surface area contributed by atoms with Crippen LogP contribution in [0.25, 0.3) is 0 Å². The van der Waals surface area contributed by atoms with E-state index in [1.165, 1.54) is 12.5 Å². The van der Waals surface area contributed by atoms with E-state index >= 15 is 0 Å². The zero-order valence-corrected chi connectivity index (χ0v) is 22.1. The summed E-state index contributed by atoms with van der Waals surface area (Å²) in [6.45, 7) is 17.3. The topological polar surface area (TPSA) is 65.7 Å². The summed E-state index contributed by atoms with van der Waals surface area (Å²) in [5.74, 6) is 2.23. The largest absolute Gasteiger partial charge is 0.496 e. The third-order valence-corrected chi connectivity index (χ3v) is 10.1. The highest BCUT2D eigenvalue weighted by atomic mass is 16.5. The molecule has 188 valence electrons. The lowest BCUT2D eigenvalue weighted by molar-refractivity contribution is -0.200. The fourth-order valence-corrected chi connectivity index (χ4v) is 8.58. The lowest BCUT2D eigenvalue weighted by atomic mass is 9.38. The van der Waals surface area contributed by atoms with Crippen LogP contribution in [-0.4, -0.2) is 19.2 Å². The number of allylic oxidation sites excluding steroid dienone is 1. The number of ether oxygens (including phenoxy) is 2. The maximum atomic E-state index is 12.8. The number of hydrogen-bond donors (Lipinski definition) is 0. The molecule has 0 spiro atoms. The smallest absolute Gasteiger partial charge is 0.342 e. The summed E-state index contributed by atoms with van der Waals surface area (Å²) in [6, 6.07) is 1.82. The Kier molecular flexibility index (Phi) is 6.31. The van der Waals surface area contributed by atoms with Gasteiger partial charge in [-0.15, -0.1) is 0 Å². The van der Waals surface area contributed by atoms with Gasteiger partial charge in [-0.1, -0.05) is 39.8 Å². The Labute approximate surface area is 204 Å². The second-order valence-electron chi connectivity index (χ2n) is 12.3. The van der Waals surface area contributed by atoms with Crippen LogP contribution >= 0.6 is 0 Å². The van der Waals surface area contributed by atoms with Crippen LogP contribution in [0.3, 0.4) is 0 Å². The van der Waals surface area contributed by atoms with Crippen LogP contribution in [-0.2, 0) is 16.0 Å². The lowest BCUT2D eigenvalue weighted by Crippen LogP contribution is -2.61. The molecule has 5 nitrogen and oxygen atoms in total. The van der Waals surface area contributed by atoms with Crippen LogP contribution in [0.15, 0.2) is 27.4 Å². The average Bonchev–Trinajstić information content (AvgIpc) is 2.73. The van der Waals surface area contributed by atoms with Crippen LogP contribution in [0, 0.1) is 40.9 Å². The van der Waals surface area contributed by atoms with E-state index in [9.17, 15) is 9.59 Å². The van der Waals surface area contributed by atoms with E-state index in [0.29, 0.717) is 35.3 Å². The molecule has 0 amide bonds. The van der Waals surface area contributed by atoms with Crippen molar-refractivity contribution in [2.45, 2.75) is 92.6 Å². The van der Waals surface area contributed by atoms with Gasteiger partial charge in [0.15, 0.2) is 0 Å². The van der Waals surface area contributed by atoms with Gasteiger partial charge >= 0.3 is 11.6 Å².